The van der Waals surface area contributed by atoms with Crippen molar-refractivity contribution in [2.24, 2.45) is 0 Å². The molecule has 2 aromatic carbocycles. The van der Waals surface area contributed by atoms with Crippen LogP contribution in [-0.2, 0) is 13.0 Å². The van der Waals surface area contributed by atoms with Gasteiger partial charge in [-0.05, 0) is 42.2 Å². The normalized spacial score (nSPS) is 17.8. The first-order valence-electron chi connectivity index (χ1n) is 9.84. The van der Waals surface area contributed by atoms with Crippen LogP contribution in [0.4, 0.5) is 10.5 Å². The number of nitrogens with one attached hydrogen (secondary N) is 1. The number of para-hydroxylation sites is 1. The van der Waals surface area contributed by atoms with Crippen LogP contribution in [0.1, 0.15) is 47.6 Å². The van der Waals surface area contributed by atoms with Crippen molar-refractivity contribution >= 4 is 11.7 Å². The van der Waals surface area contributed by atoms with Crippen LogP contribution in [0.5, 0.6) is 5.75 Å². The van der Waals surface area contributed by atoms with Crippen LogP contribution < -0.4 is 15.0 Å². The molecule has 1 aliphatic carbocycles. The SMILES string of the molecule is COc1ccc(CNC(=O)N2c3ccccc3CC2c2nc(C3CC3)no2)cc1. The van der Waals surface area contributed by atoms with E-state index in [0.717, 1.165) is 41.2 Å². The molecule has 1 aliphatic heterocycles. The van der Waals surface area contributed by atoms with Crippen molar-refractivity contribution in [3.63, 3.8) is 0 Å². The summed E-state index contributed by atoms with van der Waals surface area (Å²) in [4.78, 5) is 19.5. The van der Waals surface area contributed by atoms with Gasteiger partial charge in [0.05, 0.1) is 7.11 Å². The summed E-state index contributed by atoms with van der Waals surface area (Å²) in [6.07, 6.45) is 2.88. The third kappa shape index (κ3) is 3.44. The molecular weight excluding hydrogens is 368 g/mol. The molecule has 5 rings (SSSR count). The van der Waals surface area contributed by atoms with Gasteiger partial charge in [-0.25, -0.2) is 4.79 Å². The number of anilines is 1. The molecule has 1 N–H and O–H groups in total. The summed E-state index contributed by atoms with van der Waals surface area (Å²) >= 11 is 0. The number of hydrogen-bond donors (Lipinski definition) is 1. The number of nitrogens with zero attached hydrogens (tertiary/aromatic N) is 3. The second-order valence-corrected chi connectivity index (χ2v) is 7.49. The Morgan fingerprint density at radius 1 is 1.21 bits per heavy atom. The zero-order valence-corrected chi connectivity index (χ0v) is 16.2. The van der Waals surface area contributed by atoms with Gasteiger partial charge in [0.25, 0.3) is 0 Å². The van der Waals surface area contributed by atoms with Crippen LogP contribution in [0.2, 0.25) is 0 Å². The lowest BCUT2D eigenvalue weighted by atomic mass is 10.1. The molecule has 7 heteroatoms. The van der Waals surface area contributed by atoms with Gasteiger partial charge in [0.2, 0.25) is 5.89 Å². The zero-order valence-electron chi connectivity index (χ0n) is 16.2. The molecular formula is C22H22N4O3. The van der Waals surface area contributed by atoms with E-state index < -0.39 is 0 Å². The molecule has 148 valence electrons. The van der Waals surface area contributed by atoms with E-state index in [1.165, 1.54) is 0 Å². The molecule has 0 bridgehead atoms. The molecule has 1 aromatic heterocycles. The molecule has 2 amide bonds. The van der Waals surface area contributed by atoms with Crippen LogP contribution in [0, 0.1) is 0 Å². The number of amides is 2. The first-order chi connectivity index (χ1) is 14.2. The Morgan fingerprint density at radius 3 is 2.76 bits per heavy atom. The number of fused-ring (bicyclic) bond motifs is 1. The number of carbonyl (C=O) groups excluding carboxylic acids is 1. The highest BCUT2D eigenvalue weighted by atomic mass is 16.5. The lowest BCUT2D eigenvalue weighted by Crippen LogP contribution is -2.40. The van der Waals surface area contributed by atoms with Crippen molar-refractivity contribution in [2.45, 2.75) is 37.8 Å². The third-order valence-electron chi connectivity index (χ3n) is 5.48. The number of rotatable bonds is 5. The molecule has 0 saturated heterocycles. The predicted octanol–water partition coefficient (Wildman–Crippen LogP) is 3.97. The van der Waals surface area contributed by atoms with Crippen LogP contribution in [0.25, 0.3) is 0 Å². The number of methoxy groups -OCH3 is 1. The minimum absolute atomic E-state index is 0.179. The highest BCUT2D eigenvalue weighted by Crippen LogP contribution is 2.42. The Balaban J connectivity index is 1.36. The van der Waals surface area contributed by atoms with Gasteiger partial charge in [0, 0.05) is 24.6 Å². The molecule has 1 saturated carbocycles. The summed E-state index contributed by atoms with van der Waals surface area (Å²) < 4.78 is 10.7. The second-order valence-electron chi connectivity index (χ2n) is 7.49. The van der Waals surface area contributed by atoms with E-state index in [2.05, 4.69) is 15.5 Å². The maximum atomic E-state index is 13.1. The largest absolute Gasteiger partial charge is 0.497 e. The lowest BCUT2D eigenvalue weighted by molar-refractivity contribution is 0.242. The molecule has 1 fully saturated rings. The summed E-state index contributed by atoms with van der Waals surface area (Å²) in [5, 5.41) is 7.15. The number of aromatic nitrogens is 2. The van der Waals surface area contributed by atoms with E-state index in [9.17, 15) is 4.79 Å². The second kappa shape index (κ2) is 7.24. The molecule has 29 heavy (non-hydrogen) atoms. The Bertz CT molecular complexity index is 1030. The van der Waals surface area contributed by atoms with E-state index in [-0.39, 0.29) is 12.1 Å². The van der Waals surface area contributed by atoms with Gasteiger partial charge in [0.15, 0.2) is 5.82 Å². The Kier molecular flexibility index (Phi) is 4.42. The van der Waals surface area contributed by atoms with Gasteiger partial charge in [0.1, 0.15) is 11.8 Å². The maximum Gasteiger partial charge on any atom is 0.322 e. The topological polar surface area (TPSA) is 80.5 Å². The van der Waals surface area contributed by atoms with Gasteiger partial charge in [-0.2, -0.15) is 4.98 Å². The quantitative estimate of drug-likeness (QED) is 0.713. The van der Waals surface area contributed by atoms with Crippen LogP contribution in [0.15, 0.2) is 53.1 Å². The molecule has 1 atom stereocenters. The average molecular weight is 390 g/mol. The molecule has 0 spiro atoms. The fraction of sp³-hybridized carbons (Fsp3) is 0.318. The lowest BCUT2D eigenvalue weighted by Gasteiger charge is -2.23. The van der Waals surface area contributed by atoms with Gasteiger partial charge >= 0.3 is 6.03 Å². The number of urea groups is 1. The monoisotopic (exact) mass is 390 g/mol. The Labute approximate surface area is 168 Å². The molecule has 1 unspecified atom stereocenters. The van der Waals surface area contributed by atoms with Gasteiger partial charge in [-0.3, -0.25) is 4.90 Å². The minimum Gasteiger partial charge on any atom is -0.497 e. The van der Waals surface area contributed by atoms with Crippen LogP contribution in [0.3, 0.4) is 0 Å². The molecule has 2 aliphatic rings. The maximum absolute atomic E-state index is 13.1. The highest BCUT2D eigenvalue weighted by Gasteiger charge is 2.39. The summed E-state index contributed by atoms with van der Waals surface area (Å²) in [7, 11) is 1.63. The van der Waals surface area contributed by atoms with E-state index in [4.69, 9.17) is 9.26 Å². The third-order valence-corrected chi connectivity index (χ3v) is 5.48. The molecule has 0 radical (unpaired) electrons. The van der Waals surface area contributed by atoms with Crippen LogP contribution in [-0.4, -0.2) is 23.3 Å². The van der Waals surface area contributed by atoms with Crippen molar-refractivity contribution in [1.82, 2.24) is 15.5 Å². The Morgan fingerprint density at radius 2 is 2.00 bits per heavy atom. The Hall–Kier alpha value is -3.35. The predicted molar refractivity (Wildman–Crippen MR) is 107 cm³/mol. The number of benzene rings is 2. The molecule has 7 nitrogen and oxygen atoms in total. The van der Waals surface area contributed by atoms with E-state index in [1.807, 2.05) is 48.5 Å². The fourth-order valence-electron chi connectivity index (χ4n) is 3.73. The summed E-state index contributed by atoms with van der Waals surface area (Å²) in [6.45, 7) is 0.422. The van der Waals surface area contributed by atoms with E-state index in [1.54, 1.807) is 12.0 Å². The zero-order chi connectivity index (χ0) is 19.8. The van der Waals surface area contributed by atoms with Crippen LogP contribution >= 0.6 is 0 Å². The first kappa shape index (κ1) is 17.7. The number of ether oxygens (including phenoxy) is 1. The van der Waals surface area contributed by atoms with E-state index in [0.29, 0.717) is 24.8 Å². The van der Waals surface area contributed by atoms with Gasteiger partial charge in [-0.15, -0.1) is 0 Å². The number of carbonyl (C=O) groups is 1. The van der Waals surface area contributed by atoms with Crippen molar-refractivity contribution in [2.75, 3.05) is 12.0 Å². The smallest absolute Gasteiger partial charge is 0.322 e. The molecule has 3 aromatic rings. The average Bonchev–Trinajstić information content (AvgIpc) is 3.36. The van der Waals surface area contributed by atoms with Crippen molar-refractivity contribution in [1.29, 1.82) is 0 Å². The summed E-state index contributed by atoms with van der Waals surface area (Å²) in [5.74, 6) is 2.46. The molecule has 2 heterocycles. The number of hydrogen-bond acceptors (Lipinski definition) is 5. The highest BCUT2D eigenvalue weighted by molar-refractivity contribution is 5.95. The van der Waals surface area contributed by atoms with E-state index >= 15 is 0 Å². The fourth-order valence-corrected chi connectivity index (χ4v) is 3.73. The summed E-state index contributed by atoms with van der Waals surface area (Å²) in [6, 6.07) is 15.1. The van der Waals surface area contributed by atoms with Crippen molar-refractivity contribution < 1.29 is 14.1 Å². The summed E-state index contributed by atoms with van der Waals surface area (Å²) in [5.41, 5.74) is 2.98. The van der Waals surface area contributed by atoms with Crippen molar-refractivity contribution in [3.8, 4) is 5.75 Å². The van der Waals surface area contributed by atoms with Gasteiger partial charge < -0.3 is 14.6 Å². The van der Waals surface area contributed by atoms with Crippen molar-refractivity contribution in [3.05, 3.63) is 71.4 Å². The first-order valence-corrected chi connectivity index (χ1v) is 9.84. The minimum atomic E-state index is -0.289. The standard InChI is InChI=1S/C22H22N4O3/c1-28-17-10-6-14(7-11-17)13-23-22(27)26-18-5-3-2-4-16(18)12-19(26)21-24-20(25-29-21)15-8-9-15/h2-7,10-11,15,19H,8-9,12-13H2,1H3,(H,23,27). The van der Waals surface area contributed by atoms with Gasteiger partial charge in [-0.1, -0.05) is 35.5 Å².